The van der Waals surface area contributed by atoms with E-state index in [1.807, 2.05) is 4.90 Å². The predicted molar refractivity (Wildman–Crippen MR) is 85.5 cm³/mol. The van der Waals surface area contributed by atoms with Crippen LogP contribution in [0.25, 0.3) is 0 Å². The van der Waals surface area contributed by atoms with Crippen molar-refractivity contribution in [1.29, 1.82) is 0 Å². The summed E-state index contributed by atoms with van der Waals surface area (Å²) < 4.78 is 2.08. The molecule has 0 spiro atoms. The summed E-state index contributed by atoms with van der Waals surface area (Å²) in [6.45, 7) is 6.08. The van der Waals surface area contributed by atoms with Crippen LogP contribution in [0.1, 0.15) is 88.8 Å². The molecule has 1 saturated heterocycles. The van der Waals surface area contributed by atoms with Gasteiger partial charge in [0, 0.05) is 25.4 Å². The predicted octanol–water partition coefficient (Wildman–Crippen LogP) is 3.42. The highest BCUT2D eigenvalue weighted by atomic mass is 16.2. The molecule has 1 aliphatic heterocycles. The summed E-state index contributed by atoms with van der Waals surface area (Å²) in [7, 11) is 0. The fourth-order valence-corrected chi connectivity index (χ4v) is 3.73. The number of rotatable bonds is 6. The largest absolute Gasteiger partial charge is 0.333 e. The fourth-order valence-electron chi connectivity index (χ4n) is 3.73. The highest BCUT2D eigenvalue weighted by molar-refractivity contribution is 5.78. The van der Waals surface area contributed by atoms with Crippen molar-refractivity contribution < 1.29 is 4.79 Å². The van der Waals surface area contributed by atoms with Gasteiger partial charge in [0.15, 0.2) is 5.82 Å². The van der Waals surface area contributed by atoms with Gasteiger partial charge in [0.25, 0.3) is 0 Å². The van der Waals surface area contributed by atoms with Gasteiger partial charge in [-0.1, -0.05) is 26.2 Å². The van der Waals surface area contributed by atoms with E-state index in [4.69, 9.17) is 10.1 Å². The molecule has 0 unspecified atom stereocenters. The third-order valence-corrected chi connectivity index (χ3v) is 5.11. The van der Waals surface area contributed by atoms with E-state index >= 15 is 0 Å². The minimum absolute atomic E-state index is 0.0505. The van der Waals surface area contributed by atoms with Crippen LogP contribution >= 0.6 is 0 Å². The first-order valence-electron chi connectivity index (χ1n) is 8.94. The van der Waals surface area contributed by atoms with Crippen LogP contribution in [0.2, 0.25) is 0 Å². The van der Waals surface area contributed by atoms with Crippen molar-refractivity contribution in [2.45, 2.75) is 83.7 Å². The van der Waals surface area contributed by atoms with Crippen LogP contribution in [0.4, 0.5) is 0 Å². The van der Waals surface area contributed by atoms with Crippen molar-refractivity contribution >= 4 is 5.91 Å². The highest BCUT2D eigenvalue weighted by Crippen LogP contribution is 2.33. The number of carbonyl (C=O) groups is 1. The van der Waals surface area contributed by atoms with Crippen LogP contribution in [0.5, 0.6) is 0 Å². The quantitative estimate of drug-likeness (QED) is 0.809. The lowest BCUT2D eigenvalue weighted by molar-refractivity contribution is -0.129. The van der Waals surface area contributed by atoms with E-state index in [9.17, 15) is 4.79 Å². The lowest BCUT2D eigenvalue weighted by Gasteiger charge is -2.23. The molecule has 1 aromatic heterocycles. The maximum atomic E-state index is 12.0. The van der Waals surface area contributed by atoms with Gasteiger partial charge in [0.2, 0.25) is 5.91 Å². The van der Waals surface area contributed by atoms with E-state index in [1.165, 1.54) is 25.7 Å². The number of nitrogens with zero attached hydrogens (tertiary/aromatic N) is 4. The first kappa shape index (κ1) is 15.5. The Kier molecular flexibility index (Phi) is 4.79. The second-order valence-electron chi connectivity index (χ2n) is 6.75. The molecule has 5 nitrogen and oxygen atoms in total. The zero-order valence-electron chi connectivity index (χ0n) is 13.9. The SMILES string of the molecule is CCCCn1nc(C2CCCC2)nc1[C@H](C)N1CCCC1=O. The smallest absolute Gasteiger partial charge is 0.223 e. The van der Waals surface area contributed by atoms with Crippen LogP contribution in [-0.4, -0.2) is 32.1 Å². The van der Waals surface area contributed by atoms with Gasteiger partial charge in [0.1, 0.15) is 5.82 Å². The Hall–Kier alpha value is -1.39. The third kappa shape index (κ3) is 3.03. The summed E-state index contributed by atoms with van der Waals surface area (Å²) in [5.74, 6) is 2.80. The second-order valence-corrected chi connectivity index (χ2v) is 6.75. The summed E-state index contributed by atoms with van der Waals surface area (Å²) in [4.78, 5) is 18.9. The Balaban J connectivity index is 1.84. The van der Waals surface area contributed by atoms with Crippen molar-refractivity contribution in [2.75, 3.05) is 6.54 Å². The summed E-state index contributed by atoms with van der Waals surface area (Å²) in [6.07, 6.45) is 8.94. The molecule has 5 heteroatoms. The van der Waals surface area contributed by atoms with E-state index in [2.05, 4.69) is 18.5 Å². The van der Waals surface area contributed by atoms with E-state index in [0.29, 0.717) is 12.3 Å². The van der Waals surface area contributed by atoms with Gasteiger partial charge in [-0.2, -0.15) is 5.10 Å². The molecule has 0 aromatic carbocycles. The van der Waals surface area contributed by atoms with E-state index in [1.54, 1.807) is 0 Å². The third-order valence-electron chi connectivity index (χ3n) is 5.11. The van der Waals surface area contributed by atoms with Gasteiger partial charge in [0.05, 0.1) is 6.04 Å². The van der Waals surface area contributed by atoms with Gasteiger partial charge in [-0.25, -0.2) is 9.67 Å². The molecule has 0 bridgehead atoms. The molecular formula is C17H28N4O. The van der Waals surface area contributed by atoms with Crippen molar-refractivity contribution in [3.8, 4) is 0 Å². The van der Waals surface area contributed by atoms with Gasteiger partial charge >= 0.3 is 0 Å². The summed E-state index contributed by atoms with van der Waals surface area (Å²) in [6, 6.07) is 0.0505. The maximum Gasteiger partial charge on any atom is 0.223 e. The molecule has 1 atom stereocenters. The molecule has 3 rings (SSSR count). The number of hydrogen-bond donors (Lipinski definition) is 0. The average Bonchev–Trinajstić information content (AvgIpc) is 3.24. The molecule has 1 saturated carbocycles. The van der Waals surface area contributed by atoms with E-state index in [0.717, 1.165) is 44.0 Å². The van der Waals surface area contributed by atoms with Crippen molar-refractivity contribution in [3.05, 3.63) is 11.6 Å². The van der Waals surface area contributed by atoms with E-state index in [-0.39, 0.29) is 11.9 Å². The number of hydrogen-bond acceptors (Lipinski definition) is 3. The first-order valence-corrected chi connectivity index (χ1v) is 8.94. The van der Waals surface area contributed by atoms with Crippen molar-refractivity contribution in [1.82, 2.24) is 19.7 Å². The molecule has 1 aromatic rings. The Morgan fingerprint density at radius 3 is 2.68 bits per heavy atom. The number of unbranched alkanes of at least 4 members (excludes halogenated alkanes) is 1. The average molecular weight is 304 g/mol. The van der Waals surface area contributed by atoms with Crippen LogP contribution in [0, 0.1) is 0 Å². The molecule has 22 heavy (non-hydrogen) atoms. The topological polar surface area (TPSA) is 51.0 Å². The molecule has 1 amide bonds. The maximum absolute atomic E-state index is 12.0. The highest BCUT2D eigenvalue weighted by Gasteiger charge is 2.31. The lowest BCUT2D eigenvalue weighted by Crippen LogP contribution is -2.30. The van der Waals surface area contributed by atoms with Crippen LogP contribution in [0.3, 0.4) is 0 Å². The number of carbonyl (C=O) groups excluding carboxylic acids is 1. The fraction of sp³-hybridized carbons (Fsp3) is 0.824. The van der Waals surface area contributed by atoms with Gasteiger partial charge in [-0.15, -0.1) is 0 Å². The number of aryl methyl sites for hydroxylation is 1. The molecule has 1 aliphatic carbocycles. The monoisotopic (exact) mass is 304 g/mol. The number of aromatic nitrogens is 3. The van der Waals surface area contributed by atoms with Gasteiger partial charge in [-0.05, 0) is 32.6 Å². The molecule has 0 N–H and O–H groups in total. The standard InChI is InChI=1S/C17H28N4O/c1-3-4-12-21-17(13(2)20-11-7-10-15(20)22)18-16(19-21)14-8-5-6-9-14/h13-14H,3-12H2,1-2H3/t13-/m0/s1. The van der Waals surface area contributed by atoms with Gasteiger partial charge < -0.3 is 4.90 Å². The zero-order chi connectivity index (χ0) is 15.5. The van der Waals surface area contributed by atoms with Crippen molar-refractivity contribution in [2.24, 2.45) is 0 Å². The Labute approximate surface area is 133 Å². The molecule has 2 fully saturated rings. The van der Waals surface area contributed by atoms with Crippen LogP contribution in [0.15, 0.2) is 0 Å². The van der Waals surface area contributed by atoms with Gasteiger partial charge in [-0.3, -0.25) is 4.79 Å². The van der Waals surface area contributed by atoms with E-state index < -0.39 is 0 Å². The van der Waals surface area contributed by atoms with Crippen LogP contribution in [-0.2, 0) is 11.3 Å². The molecular weight excluding hydrogens is 276 g/mol. The zero-order valence-corrected chi connectivity index (χ0v) is 13.9. The second kappa shape index (κ2) is 6.80. The number of likely N-dealkylation sites (tertiary alicyclic amines) is 1. The Morgan fingerprint density at radius 1 is 1.27 bits per heavy atom. The first-order chi connectivity index (χ1) is 10.7. The molecule has 0 radical (unpaired) electrons. The van der Waals surface area contributed by atoms with Crippen LogP contribution < -0.4 is 0 Å². The molecule has 2 heterocycles. The molecule has 122 valence electrons. The Bertz CT molecular complexity index is 519. The Morgan fingerprint density at radius 2 is 2.05 bits per heavy atom. The minimum Gasteiger partial charge on any atom is -0.333 e. The summed E-state index contributed by atoms with van der Waals surface area (Å²) in [5, 5.41) is 4.81. The number of amides is 1. The molecule has 2 aliphatic rings. The minimum atomic E-state index is 0.0505. The lowest BCUT2D eigenvalue weighted by atomic mass is 10.1. The van der Waals surface area contributed by atoms with Crippen molar-refractivity contribution in [3.63, 3.8) is 0 Å². The summed E-state index contributed by atoms with van der Waals surface area (Å²) in [5.41, 5.74) is 0. The normalized spacial score (nSPS) is 21.0. The summed E-state index contributed by atoms with van der Waals surface area (Å²) >= 11 is 0.